The third kappa shape index (κ3) is 4.56. The Morgan fingerprint density at radius 2 is 1.42 bits per heavy atom. The average molecular weight is 352 g/mol. The first-order valence-electron chi connectivity index (χ1n) is 7.61. The van der Waals surface area contributed by atoms with E-state index in [1.54, 1.807) is 21.3 Å². The van der Waals surface area contributed by atoms with Crippen molar-refractivity contribution in [2.24, 2.45) is 0 Å². The van der Waals surface area contributed by atoms with Gasteiger partial charge in [-0.1, -0.05) is 30.3 Å². The largest absolute Gasteiger partial charge is 0.493 e. The number of methoxy groups -OCH3 is 3. The summed E-state index contributed by atoms with van der Waals surface area (Å²) in [7, 11) is 4.86. The molecule has 2 aromatic carbocycles. The van der Waals surface area contributed by atoms with Crippen molar-refractivity contribution < 1.29 is 14.2 Å². The quantitative estimate of drug-likeness (QED) is 0.813. The van der Waals surface area contributed by atoms with Crippen LogP contribution in [-0.2, 0) is 12.1 Å². The van der Waals surface area contributed by atoms with Crippen LogP contribution in [0.25, 0.3) is 0 Å². The average Bonchev–Trinajstić information content (AvgIpc) is 2.59. The molecule has 0 radical (unpaired) electrons. The molecule has 2 aromatic rings. The minimum atomic E-state index is -0.137. The number of halogens is 1. The fourth-order valence-electron chi connectivity index (χ4n) is 2.52. The maximum absolute atomic E-state index is 5.40. The number of rotatable bonds is 7. The van der Waals surface area contributed by atoms with Crippen LogP contribution >= 0.6 is 12.4 Å². The second-order valence-electron chi connectivity index (χ2n) is 5.88. The van der Waals surface area contributed by atoms with Gasteiger partial charge in [0.2, 0.25) is 5.75 Å². The van der Waals surface area contributed by atoms with Gasteiger partial charge in [0.25, 0.3) is 0 Å². The summed E-state index contributed by atoms with van der Waals surface area (Å²) in [5, 5.41) is 3.58. The highest BCUT2D eigenvalue weighted by molar-refractivity contribution is 5.85. The Kier molecular flexibility index (Phi) is 7.39. The molecule has 0 saturated carbocycles. The molecule has 5 heteroatoms. The molecule has 132 valence electrons. The maximum Gasteiger partial charge on any atom is 0.203 e. The molecule has 1 N–H and O–H groups in total. The molecule has 0 amide bonds. The molecule has 0 aromatic heterocycles. The van der Waals surface area contributed by atoms with Crippen LogP contribution in [0.5, 0.6) is 17.2 Å². The van der Waals surface area contributed by atoms with Crippen LogP contribution in [0.15, 0.2) is 42.5 Å². The first-order chi connectivity index (χ1) is 11.0. The van der Waals surface area contributed by atoms with Gasteiger partial charge in [-0.2, -0.15) is 0 Å². The molecule has 0 saturated heterocycles. The third-order valence-corrected chi connectivity index (χ3v) is 3.95. The van der Waals surface area contributed by atoms with E-state index in [1.165, 1.54) is 5.56 Å². The van der Waals surface area contributed by atoms with E-state index in [1.807, 2.05) is 18.2 Å². The lowest BCUT2D eigenvalue weighted by Gasteiger charge is -2.27. The van der Waals surface area contributed by atoms with Crippen LogP contribution < -0.4 is 19.5 Å². The summed E-state index contributed by atoms with van der Waals surface area (Å²) in [6.45, 7) is 5.03. The minimum Gasteiger partial charge on any atom is -0.493 e. The number of hydrogen-bond acceptors (Lipinski definition) is 4. The van der Waals surface area contributed by atoms with Crippen LogP contribution in [0.2, 0.25) is 0 Å². The summed E-state index contributed by atoms with van der Waals surface area (Å²) in [5.74, 6) is 1.95. The lowest BCUT2D eigenvalue weighted by atomic mass is 9.94. The maximum atomic E-state index is 5.40. The molecule has 0 heterocycles. The van der Waals surface area contributed by atoms with Gasteiger partial charge in [-0.05, 0) is 37.1 Å². The van der Waals surface area contributed by atoms with E-state index < -0.39 is 0 Å². The predicted molar refractivity (Wildman–Crippen MR) is 99.7 cm³/mol. The van der Waals surface area contributed by atoms with Gasteiger partial charge in [-0.3, -0.25) is 0 Å². The molecule has 0 bridgehead atoms. The van der Waals surface area contributed by atoms with Crippen molar-refractivity contribution in [1.82, 2.24) is 5.32 Å². The summed E-state index contributed by atoms with van der Waals surface area (Å²) < 4.78 is 16.2. The molecule has 0 aliphatic rings. The zero-order chi connectivity index (χ0) is 16.9. The monoisotopic (exact) mass is 351 g/mol. The molecule has 0 atom stereocenters. The van der Waals surface area contributed by atoms with Gasteiger partial charge < -0.3 is 19.5 Å². The summed E-state index contributed by atoms with van der Waals surface area (Å²) >= 11 is 0. The molecule has 4 nitrogen and oxygen atoms in total. The Labute approximate surface area is 150 Å². The summed E-state index contributed by atoms with van der Waals surface area (Å²) in [5.41, 5.74) is 2.18. The molecular weight excluding hydrogens is 326 g/mol. The van der Waals surface area contributed by atoms with Crippen molar-refractivity contribution in [3.05, 3.63) is 53.6 Å². The van der Waals surface area contributed by atoms with Crippen molar-refractivity contribution in [2.45, 2.75) is 25.9 Å². The number of nitrogens with one attached hydrogen (secondary N) is 1. The molecule has 0 spiro atoms. The Hall–Kier alpha value is -1.91. The van der Waals surface area contributed by atoms with Crippen LogP contribution in [-0.4, -0.2) is 21.3 Å². The second kappa shape index (κ2) is 8.81. The Bertz CT molecular complexity index is 619. The van der Waals surface area contributed by atoms with E-state index >= 15 is 0 Å². The van der Waals surface area contributed by atoms with Crippen LogP contribution in [0.3, 0.4) is 0 Å². The van der Waals surface area contributed by atoms with E-state index in [2.05, 4.69) is 43.4 Å². The Balaban J connectivity index is 0.00000288. The fraction of sp³-hybridized carbons (Fsp3) is 0.368. The van der Waals surface area contributed by atoms with Crippen LogP contribution in [0.1, 0.15) is 25.0 Å². The number of ether oxygens (including phenoxy) is 3. The normalized spacial score (nSPS) is 10.7. The lowest BCUT2D eigenvalue weighted by Crippen LogP contribution is -2.35. The van der Waals surface area contributed by atoms with Crippen LogP contribution in [0.4, 0.5) is 0 Å². The standard InChI is InChI=1S/C19H25NO3.ClH/c1-19(2,15-9-7-6-8-10-15)20-13-14-11-16(21-3)18(23-5)17(12-14)22-4;/h6-12,20H,13H2,1-5H3;1H. The highest BCUT2D eigenvalue weighted by Gasteiger charge is 2.20. The molecule has 24 heavy (non-hydrogen) atoms. The van der Waals surface area contributed by atoms with Gasteiger partial charge in [-0.25, -0.2) is 0 Å². The minimum absolute atomic E-state index is 0. The Morgan fingerprint density at radius 1 is 0.875 bits per heavy atom. The van der Waals surface area contributed by atoms with Crippen molar-refractivity contribution >= 4 is 12.4 Å². The molecule has 0 aliphatic heterocycles. The highest BCUT2D eigenvalue weighted by Crippen LogP contribution is 2.38. The Morgan fingerprint density at radius 3 is 1.88 bits per heavy atom. The van der Waals surface area contributed by atoms with Gasteiger partial charge >= 0.3 is 0 Å². The van der Waals surface area contributed by atoms with Crippen molar-refractivity contribution in [3.63, 3.8) is 0 Å². The van der Waals surface area contributed by atoms with E-state index in [9.17, 15) is 0 Å². The van der Waals surface area contributed by atoms with Gasteiger partial charge in [-0.15, -0.1) is 12.4 Å². The first kappa shape index (κ1) is 20.1. The third-order valence-electron chi connectivity index (χ3n) is 3.95. The molecule has 2 rings (SSSR count). The second-order valence-corrected chi connectivity index (χ2v) is 5.88. The van der Waals surface area contributed by atoms with Crippen molar-refractivity contribution in [3.8, 4) is 17.2 Å². The van der Waals surface area contributed by atoms with Crippen molar-refractivity contribution in [1.29, 1.82) is 0 Å². The molecule has 0 fully saturated rings. The van der Waals surface area contributed by atoms with Crippen LogP contribution in [0, 0.1) is 0 Å². The van der Waals surface area contributed by atoms with Gasteiger partial charge in [0.1, 0.15) is 0 Å². The highest BCUT2D eigenvalue weighted by atomic mass is 35.5. The predicted octanol–water partition coefficient (Wildman–Crippen LogP) is 4.16. The SMILES string of the molecule is COc1cc(CNC(C)(C)c2ccccc2)cc(OC)c1OC.Cl. The van der Waals surface area contributed by atoms with E-state index in [0.29, 0.717) is 23.8 Å². The van der Waals surface area contributed by atoms with Gasteiger partial charge in [0.15, 0.2) is 11.5 Å². The van der Waals surface area contributed by atoms with E-state index in [0.717, 1.165) is 5.56 Å². The topological polar surface area (TPSA) is 39.7 Å². The van der Waals surface area contributed by atoms with E-state index in [4.69, 9.17) is 14.2 Å². The molecule has 0 unspecified atom stereocenters. The first-order valence-corrected chi connectivity index (χ1v) is 7.61. The number of benzene rings is 2. The smallest absolute Gasteiger partial charge is 0.203 e. The summed E-state index contributed by atoms with van der Waals surface area (Å²) in [6, 6.07) is 14.3. The lowest BCUT2D eigenvalue weighted by molar-refractivity contribution is 0.323. The van der Waals surface area contributed by atoms with Gasteiger partial charge in [0.05, 0.1) is 21.3 Å². The zero-order valence-corrected chi connectivity index (χ0v) is 15.7. The zero-order valence-electron chi connectivity index (χ0n) is 14.9. The molecular formula is C19H26ClNO3. The molecule has 0 aliphatic carbocycles. The van der Waals surface area contributed by atoms with Crippen molar-refractivity contribution in [2.75, 3.05) is 21.3 Å². The summed E-state index contributed by atoms with van der Waals surface area (Å²) in [4.78, 5) is 0. The van der Waals surface area contributed by atoms with Gasteiger partial charge in [0, 0.05) is 12.1 Å². The number of hydrogen-bond donors (Lipinski definition) is 1. The summed E-state index contributed by atoms with van der Waals surface area (Å²) in [6.07, 6.45) is 0. The van der Waals surface area contributed by atoms with E-state index in [-0.39, 0.29) is 17.9 Å². The fourth-order valence-corrected chi connectivity index (χ4v) is 2.52.